The Morgan fingerprint density at radius 2 is 1.73 bits per heavy atom. The van der Waals surface area contributed by atoms with Crippen molar-refractivity contribution in [1.82, 2.24) is 14.9 Å². The van der Waals surface area contributed by atoms with Crippen molar-refractivity contribution < 1.29 is 24.2 Å². The van der Waals surface area contributed by atoms with Crippen LogP contribution in [0.1, 0.15) is 27.2 Å². The van der Waals surface area contributed by atoms with Crippen LogP contribution in [0.15, 0.2) is 85.3 Å². The highest BCUT2D eigenvalue weighted by Gasteiger charge is 2.31. The van der Waals surface area contributed by atoms with E-state index in [1.54, 1.807) is 18.5 Å². The minimum atomic E-state index is -0.946. The number of aromatic carboxylic acids is 1. The molecular weight excluding hydrogens is 490 g/mol. The van der Waals surface area contributed by atoms with E-state index in [4.69, 9.17) is 4.74 Å². The van der Waals surface area contributed by atoms with Crippen molar-refractivity contribution in [2.24, 2.45) is 0 Å². The number of imide groups is 1. The minimum absolute atomic E-state index is 0.245. The van der Waals surface area contributed by atoms with Crippen molar-refractivity contribution in [2.75, 3.05) is 0 Å². The van der Waals surface area contributed by atoms with Crippen LogP contribution in [0.4, 0.5) is 4.79 Å². The van der Waals surface area contributed by atoms with Gasteiger partial charge >= 0.3 is 5.97 Å². The standard InChI is InChI=1S/C28H23N3O5S/c32-26-25(37-28(35)30-26)13-18-7-11-22(12-8-18)36-16-21-15-31(17-29-21)14-19-5-9-20(10-6-19)23-3-1-2-4-24(23)27(33)34/h1-12,15,17,25H,13-14,16H2,(H,33,34)(H,30,32,35). The van der Waals surface area contributed by atoms with E-state index in [0.29, 0.717) is 30.9 Å². The Hall–Kier alpha value is -4.37. The van der Waals surface area contributed by atoms with Gasteiger partial charge in [0.05, 0.1) is 22.8 Å². The molecule has 1 aliphatic heterocycles. The summed E-state index contributed by atoms with van der Waals surface area (Å²) in [5.74, 6) is -0.501. The van der Waals surface area contributed by atoms with Crippen LogP contribution in [0.3, 0.4) is 0 Å². The molecule has 9 heteroatoms. The number of imidazole rings is 1. The van der Waals surface area contributed by atoms with Gasteiger partial charge in [-0.2, -0.15) is 0 Å². The molecule has 1 aromatic heterocycles. The van der Waals surface area contributed by atoms with Crippen molar-refractivity contribution in [1.29, 1.82) is 0 Å². The molecule has 0 aliphatic carbocycles. The number of nitrogens with zero attached hydrogens (tertiary/aromatic N) is 2. The topological polar surface area (TPSA) is 111 Å². The zero-order valence-corrected chi connectivity index (χ0v) is 20.5. The van der Waals surface area contributed by atoms with Crippen LogP contribution in [0.5, 0.6) is 5.75 Å². The van der Waals surface area contributed by atoms with Gasteiger partial charge in [-0.1, -0.05) is 66.4 Å². The van der Waals surface area contributed by atoms with Crippen molar-refractivity contribution in [3.8, 4) is 16.9 Å². The van der Waals surface area contributed by atoms with E-state index in [0.717, 1.165) is 34.1 Å². The van der Waals surface area contributed by atoms with E-state index in [9.17, 15) is 19.5 Å². The summed E-state index contributed by atoms with van der Waals surface area (Å²) in [5, 5.41) is 11.0. The van der Waals surface area contributed by atoms with Gasteiger partial charge in [0.25, 0.3) is 5.24 Å². The number of carbonyl (C=O) groups excluding carboxylic acids is 2. The van der Waals surface area contributed by atoms with Gasteiger partial charge in [0.1, 0.15) is 12.4 Å². The van der Waals surface area contributed by atoms with Crippen LogP contribution < -0.4 is 10.1 Å². The van der Waals surface area contributed by atoms with Gasteiger partial charge < -0.3 is 14.4 Å². The van der Waals surface area contributed by atoms with E-state index < -0.39 is 5.97 Å². The molecule has 0 spiro atoms. The first-order valence-corrected chi connectivity index (χ1v) is 12.5. The number of hydrogen-bond acceptors (Lipinski definition) is 6. The molecule has 8 nitrogen and oxygen atoms in total. The van der Waals surface area contributed by atoms with E-state index in [1.807, 2.05) is 71.4 Å². The molecule has 5 rings (SSSR count). The van der Waals surface area contributed by atoms with Crippen LogP contribution in [0.2, 0.25) is 0 Å². The van der Waals surface area contributed by atoms with Crippen molar-refractivity contribution in [3.63, 3.8) is 0 Å². The van der Waals surface area contributed by atoms with Crippen LogP contribution >= 0.6 is 11.8 Å². The lowest BCUT2D eigenvalue weighted by Crippen LogP contribution is -2.25. The van der Waals surface area contributed by atoms with Crippen molar-refractivity contribution in [2.45, 2.75) is 24.8 Å². The maximum atomic E-state index is 11.7. The Labute approximate surface area is 217 Å². The molecule has 37 heavy (non-hydrogen) atoms. The Kier molecular flexibility index (Phi) is 7.04. The number of hydrogen-bond donors (Lipinski definition) is 2. The largest absolute Gasteiger partial charge is 0.487 e. The number of nitrogens with one attached hydrogen (secondary N) is 1. The molecule has 0 bridgehead atoms. The molecule has 2 amide bonds. The van der Waals surface area contributed by atoms with Crippen LogP contribution in [-0.4, -0.2) is 37.0 Å². The molecule has 4 aromatic rings. The Morgan fingerprint density at radius 1 is 1.00 bits per heavy atom. The second kappa shape index (κ2) is 10.7. The number of aromatic nitrogens is 2. The minimum Gasteiger partial charge on any atom is -0.487 e. The lowest BCUT2D eigenvalue weighted by Gasteiger charge is -2.08. The summed E-state index contributed by atoms with van der Waals surface area (Å²) < 4.78 is 7.82. The normalized spacial score (nSPS) is 15.0. The van der Waals surface area contributed by atoms with Gasteiger partial charge in [-0.05, 0) is 46.9 Å². The summed E-state index contributed by atoms with van der Waals surface area (Å²) in [7, 11) is 0. The number of thioether (sulfide) groups is 1. The third-order valence-corrected chi connectivity index (χ3v) is 6.95. The van der Waals surface area contributed by atoms with E-state index in [2.05, 4.69) is 10.3 Å². The van der Waals surface area contributed by atoms with E-state index in [-0.39, 0.29) is 22.0 Å². The van der Waals surface area contributed by atoms with Crippen LogP contribution in [0.25, 0.3) is 11.1 Å². The number of benzene rings is 3. The molecule has 186 valence electrons. The van der Waals surface area contributed by atoms with E-state index >= 15 is 0 Å². The Bertz CT molecular complexity index is 1450. The highest BCUT2D eigenvalue weighted by atomic mass is 32.2. The third kappa shape index (κ3) is 5.90. The number of carboxylic acids is 1. The molecule has 1 saturated heterocycles. The third-order valence-electron chi connectivity index (χ3n) is 5.97. The van der Waals surface area contributed by atoms with Crippen molar-refractivity contribution in [3.05, 3.63) is 108 Å². The first kappa shape index (κ1) is 24.3. The molecule has 0 radical (unpaired) electrons. The summed E-state index contributed by atoms with van der Waals surface area (Å²) >= 11 is 1.02. The van der Waals surface area contributed by atoms with Gasteiger partial charge in [0.2, 0.25) is 5.91 Å². The van der Waals surface area contributed by atoms with E-state index in [1.165, 1.54) is 0 Å². The molecule has 2 N–H and O–H groups in total. The average molecular weight is 514 g/mol. The summed E-state index contributed by atoms with van der Waals surface area (Å²) in [6.45, 7) is 0.935. The molecule has 1 atom stereocenters. The molecule has 1 fully saturated rings. The fourth-order valence-corrected chi connectivity index (χ4v) is 4.97. The lowest BCUT2D eigenvalue weighted by molar-refractivity contribution is -0.118. The predicted molar refractivity (Wildman–Crippen MR) is 140 cm³/mol. The number of carbonyl (C=O) groups is 3. The molecule has 2 heterocycles. The van der Waals surface area contributed by atoms with Gasteiger partial charge in [0.15, 0.2) is 0 Å². The summed E-state index contributed by atoms with van der Waals surface area (Å²) in [5.41, 5.74) is 4.62. The quantitative estimate of drug-likeness (QED) is 0.332. The number of ether oxygens (including phenoxy) is 1. The van der Waals surface area contributed by atoms with Crippen molar-refractivity contribution >= 4 is 28.9 Å². The summed E-state index contributed by atoms with van der Waals surface area (Å²) in [6.07, 6.45) is 4.16. The van der Waals surface area contributed by atoms with Gasteiger partial charge in [-0.3, -0.25) is 14.9 Å². The maximum absolute atomic E-state index is 11.7. The first-order chi connectivity index (χ1) is 17.9. The van der Waals surface area contributed by atoms with Gasteiger partial charge in [0, 0.05) is 12.7 Å². The Morgan fingerprint density at radius 3 is 2.43 bits per heavy atom. The highest BCUT2D eigenvalue weighted by molar-refractivity contribution is 8.15. The zero-order chi connectivity index (χ0) is 25.8. The zero-order valence-electron chi connectivity index (χ0n) is 19.7. The number of carboxylic acid groups (broad SMARTS) is 1. The number of rotatable bonds is 9. The molecule has 0 saturated carbocycles. The number of amides is 2. The van der Waals surface area contributed by atoms with Gasteiger partial charge in [-0.25, -0.2) is 9.78 Å². The summed E-state index contributed by atoms with van der Waals surface area (Å²) in [6, 6.07) is 22.3. The van der Waals surface area contributed by atoms with Crippen LogP contribution in [0, 0.1) is 0 Å². The molecule has 3 aromatic carbocycles. The highest BCUT2D eigenvalue weighted by Crippen LogP contribution is 2.25. The maximum Gasteiger partial charge on any atom is 0.336 e. The molecular formula is C28H23N3O5S. The predicted octanol–water partition coefficient (Wildman–Crippen LogP) is 4.77. The smallest absolute Gasteiger partial charge is 0.336 e. The summed E-state index contributed by atoms with van der Waals surface area (Å²) in [4.78, 5) is 39.0. The second-order valence-corrected chi connectivity index (χ2v) is 9.78. The van der Waals surface area contributed by atoms with Crippen LogP contribution in [-0.2, 0) is 24.4 Å². The monoisotopic (exact) mass is 513 g/mol. The SMILES string of the molecule is O=C1NC(=O)C(Cc2ccc(OCc3cn(Cc4ccc(-c5ccccc5C(=O)O)cc4)cn3)cc2)S1. The van der Waals surface area contributed by atoms with Gasteiger partial charge in [-0.15, -0.1) is 0 Å². The molecule has 1 aliphatic rings. The lowest BCUT2D eigenvalue weighted by atomic mass is 9.99. The average Bonchev–Trinajstić information content (AvgIpc) is 3.48. The first-order valence-electron chi connectivity index (χ1n) is 11.6. The second-order valence-electron chi connectivity index (χ2n) is 8.60. The fraction of sp³-hybridized carbons (Fsp3) is 0.143. The fourth-order valence-electron chi connectivity index (χ4n) is 4.11. The molecule has 1 unspecified atom stereocenters. The Balaban J connectivity index is 1.15.